The molecule has 6 nitrogen and oxygen atoms in total. The lowest BCUT2D eigenvalue weighted by Gasteiger charge is -2.15. The molecule has 0 aliphatic heterocycles. The average molecular weight is 398 g/mol. The fourth-order valence-corrected chi connectivity index (χ4v) is 4.80. The maximum atomic E-state index is 10.8. The number of hydrogen-bond acceptors (Lipinski definition) is 6. The molecule has 146 valence electrons. The van der Waals surface area contributed by atoms with Crippen LogP contribution in [0.15, 0.2) is 30.3 Å². The summed E-state index contributed by atoms with van der Waals surface area (Å²) >= 11 is 1.73. The summed E-state index contributed by atoms with van der Waals surface area (Å²) in [5.41, 5.74) is 2.54. The van der Waals surface area contributed by atoms with E-state index in [0.717, 1.165) is 28.9 Å². The molecule has 2 heterocycles. The van der Waals surface area contributed by atoms with E-state index in [0.29, 0.717) is 12.4 Å². The Hall–Kier alpha value is -2.51. The second kappa shape index (κ2) is 8.24. The highest BCUT2D eigenvalue weighted by Gasteiger charge is 2.23. The molecule has 1 aliphatic carbocycles. The Kier molecular flexibility index (Phi) is 5.54. The van der Waals surface area contributed by atoms with Gasteiger partial charge in [0.2, 0.25) is 0 Å². The van der Waals surface area contributed by atoms with Crippen LogP contribution in [0.25, 0.3) is 10.2 Å². The number of carboxylic acid groups (broad SMARTS) is 1. The zero-order valence-corrected chi connectivity index (χ0v) is 16.6. The van der Waals surface area contributed by atoms with E-state index in [1.807, 2.05) is 18.2 Å². The van der Waals surface area contributed by atoms with E-state index in [-0.39, 0.29) is 6.61 Å². The summed E-state index contributed by atoms with van der Waals surface area (Å²) < 4.78 is 5.41. The summed E-state index contributed by atoms with van der Waals surface area (Å²) in [5.74, 6) is 0.332. The van der Waals surface area contributed by atoms with Crippen LogP contribution in [-0.2, 0) is 28.9 Å². The van der Waals surface area contributed by atoms with Gasteiger partial charge in [-0.3, -0.25) is 0 Å². The number of nitrogens with zero attached hydrogens (tertiary/aromatic N) is 2. The molecule has 4 rings (SSSR count). The zero-order chi connectivity index (χ0) is 19.5. The molecular weight excluding hydrogens is 374 g/mol. The molecule has 2 aromatic heterocycles. The summed E-state index contributed by atoms with van der Waals surface area (Å²) in [6, 6.07) is 10.2. The van der Waals surface area contributed by atoms with Crippen LogP contribution in [0.5, 0.6) is 0 Å². The van der Waals surface area contributed by atoms with Crippen LogP contribution in [0.1, 0.15) is 47.7 Å². The normalized spacial score (nSPS) is 14.6. The van der Waals surface area contributed by atoms with Crippen LogP contribution in [0.2, 0.25) is 0 Å². The van der Waals surface area contributed by atoms with Crippen LogP contribution < -0.4 is 5.32 Å². The SMILES string of the molecule is CC(OCC(=O)O)c1nc(NCc2ccccc2)c2c3c(sc2n1)CCCC3. The second-order valence-corrected chi connectivity index (χ2v) is 8.09. The van der Waals surface area contributed by atoms with Crippen molar-refractivity contribution in [3.8, 4) is 0 Å². The third kappa shape index (κ3) is 4.00. The summed E-state index contributed by atoms with van der Waals surface area (Å²) in [7, 11) is 0. The van der Waals surface area contributed by atoms with Gasteiger partial charge in [0.1, 0.15) is 23.4 Å². The fraction of sp³-hybridized carbons (Fsp3) is 0.381. The Labute approximate surface area is 167 Å². The standard InChI is InChI=1S/C21H23N3O3S/c1-13(27-12-17(25)26)19-23-20(22-11-14-7-3-2-4-8-14)18-15-9-5-6-10-16(15)28-21(18)24-19/h2-4,7-8,13H,5-6,9-12H2,1H3,(H,25,26)(H,22,23,24). The van der Waals surface area contributed by atoms with Gasteiger partial charge in [-0.15, -0.1) is 11.3 Å². The number of aromatic nitrogens is 2. The highest BCUT2D eigenvalue weighted by Crippen LogP contribution is 2.39. The molecule has 0 saturated carbocycles. The lowest BCUT2D eigenvalue weighted by atomic mass is 9.97. The smallest absolute Gasteiger partial charge is 0.329 e. The van der Waals surface area contributed by atoms with Gasteiger partial charge >= 0.3 is 5.97 Å². The highest BCUT2D eigenvalue weighted by atomic mass is 32.1. The average Bonchev–Trinajstić information content (AvgIpc) is 3.09. The quantitative estimate of drug-likeness (QED) is 0.617. The van der Waals surface area contributed by atoms with E-state index in [1.165, 1.54) is 28.8 Å². The Morgan fingerprint density at radius 2 is 2.04 bits per heavy atom. The van der Waals surface area contributed by atoms with Gasteiger partial charge in [0, 0.05) is 11.4 Å². The lowest BCUT2D eigenvalue weighted by molar-refractivity contribution is -0.144. The first-order valence-corrected chi connectivity index (χ1v) is 10.4. The van der Waals surface area contributed by atoms with Crippen molar-refractivity contribution >= 4 is 33.3 Å². The number of hydrogen-bond donors (Lipinski definition) is 2. The minimum Gasteiger partial charge on any atom is -0.480 e. The van der Waals surface area contributed by atoms with Crippen molar-refractivity contribution in [1.29, 1.82) is 0 Å². The van der Waals surface area contributed by atoms with E-state index in [4.69, 9.17) is 19.8 Å². The number of rotatable bonds is 7. The van der Waals surface area contributed by atoms with Crippen molar-refractivity contribution in [2.45, 2.75) is 45.3 Å². The number of benzene rings is 1. The predicted octanol–water partition coefficient (Wildman–Crippen LogP) is 4.34. The number of carbonyl (C=O) groups is 1. The third-order valence-corrected chi connectivity index (χ3v) is 6.14. The molecule has 3 aromatic rings. The number of nitrogens with one attached hydrogen (secondary N) is 1. The van der Waals surface area contributed by atoms with E-state index in [2.05, 4.69) is 17.4 Å². The van der Waals surface area contributed by atoms with Crippen molar-refractivity contribution in [1.82, 2.24) is 9.97 Å². The first-order valence-electron chi connectivity index (χ1n) is 9.55. The molecule has 0 fully saturated rings. The lowest BCUT2D eigenvalue weighted by Crippen LogP contribution is -2.13. The van der Waals surface area contributed by atoms with Crippen LogP contribution in [0.4, 0.5) is 5.82 Å². The summed E-state index contributed by atoms with van der Waals surface area (Å²) in [4.78, 5) is 22.6. The minimum absolute atomic E-state index is 0.365. The summed E-state index contributed by atoms with van der Waals surface area (Å²) in [6.07, 6.45) is 4.07. The molecule has 1 unspecified atom stereocenters. The molecule has 0 saturated heterocycles. The van der Waals surface area contributed by atoms with Gasteiger partial charge in [-0.05, 0) is 43.7 Å². The molecule has 7 heteroatoms. The van der Waals surface area contributed by atoms with Crippen molar-refractivity contribution in [3.63, 3.8) is 0 Å². The van der Waals surface area contributed by atoms with E-state index in [9.17, 15) is 4.79 Å². The van der Waals surface area contributed by atoms with Gasteiger partial charge in [0.05, 0.1) is 5.39 Å². The summed E-state index contributed by atoms with van der Waals surface area (Å²) in [6.45, 7) is 2.09. The monoisotopic (exact) mass is 397 g/mol. The maximum absolute atomic E-state index is 10.8. The van der Waals surface area contributed by atoms with Crippen molar-refractivity contribution in [3.05, 3.63) is 52.2 Å². The van der Waals surface area contributed by atoms with Gasteiger partial charge in [0.15, 0.2) is 5.82 Å². The molecule has 1 aromatic carbocycles. The van der Waals surface area contributed by atoms with Gasteiger partial charge in [-0.1, -0.05) is 30.3 Å². The Morgan fingerprint density at radius 3 is 2.82 bits per heavy atom. The second-order valence-electron chi connectivity index (χ2n) is 7.01. The number of fused-ring (bicyclic) bond motifs is 3. The molecule has 2 N–H and O–H groups in total. The predicted molar refractivity (Wildman–Crippen MR) is 110 cm³/mol. The Morgan fingerprint density at radius 1 is 1.25 bits per heavy atom. The number of aliphatic carboxylic acids is 1. The summed E-state index contributed by atoms with van der Waals surface area (Å²) in [5, 5.41) is 13.5. The molecule has 0 radical (unpaired) electrons. The number of thiophene rings is 1. The van der Waals surface area contributed by atoms with Crippen molar-refractivity contribution in [2.24, 2.45) is 0 Å². The number of anilines is 1. The molecule has 1 atom stereocenters. The minimum atomic E-state index is -0.998. The van der Waals surface area contributed by atoms with Crippen LogP contribution in [0, 0.1) is 0 Å². The van der Waals surface area contributed by atoms with E-state index < -0.39 is 12.1 Å². The first kappa shape index (κ1) is 18.8. The zero-order valence-electron chi connectivity index (χ0n) is 15.8. The Balaban J connectivity index is 1.70. The van der Waals surface area contributed by atoms with Gasteiger partial charge in [0.25, 0.3) is 0 Å². The first-order chi connectivity index (χ1) is 13.6. The van der Waals surface area contributed by atoms with Crippen LogP contribution >= 0.6 is 11.3 Å². The molecular formula is C21H23N3O3S. The van der Waals surface area contributed by atoms with Crippen LogP contribution in [0.3, 0.4) is 0 Å². The van der Waals surface area contributed by atoms with Crippen molar-refractivity contribution in [2.75, 3.05) is 11.9 Å². The van der Waals surface area contributed by atoms with Crippen LogP contribution in [-0.4, -0.2) is 27.7 Å². The molecule has 0 spiro atoms. The molecule has 0 amide bonds. The molecule has 28 heavy (non-hydrogen) atoms. The maximum Gasteiger partial charge on any atom is 0.329 e. The Bertz CT molecular complexity index is 987. The number of ether oxygens (including phenoxy) is 1. The third-order valence-electron chi connectivity index (χ3n) is 4.96. The van der Waals surface area contributed by atoms with Gasteiger partial charge in [-0.25, -0.2) is 14.8 Å². The van der Waals surface area contributed by atoms with E-state index >= 15 is 0 Å². The topological polar surface area (TPSA) is 84.3 Å². The van der Waals surface area contributed by atoms with Gasteiger partial charge < -0.3 is 15.2 Å². The van der Waals surface area contributed by atoms with Gasteiger partial charge in [-0.2, -0.15) is 0 Å². The number of aryl methyl sites for hydroxylation is 2. The molecule has 0 bridgehead atoms. The number of carboxylic acids is 1. The molecule has 1 aliphatic rings. The van der Waals surface area contributed by atoms with Crippen molar-refractivity contribution < 1.29 is 14.6 Å². The largest absolute Gasteiger partial charge is 0.480 e. The van der Waals surface area contributed by atoms with E-state index in [1.54, 1.807) is 18.3 Å². The highest BCUT2D eigenvalue weighted by molar-refractivity contribution is 7.19. The fourth-order valence-electron chi connectivity index (χ4n) is 3.54.